The summed E-state index contributed by atoms with van der Waals surface area (Å²) in [5.74, 6) is -10.2. The second-order valence-electron chi connectivity index (χ2n) is 19.9. The van der Waals surface area contributed by atoms with Gasteiger partial charge in [0.05, 0.1) is 10.7 Å². The van der Waals surface area contributed by atoms with Gasteiger partial charge in [-0.05, 0) is 94.6 Å². The van der Waals surface area contributed by atoms with Gasteiger partial charge in [-0.2, -0.15) is 0 Å². The number of nitrogens with one attached hydrogen (secondary N) is 7. The second kappa shape index (κ2) is 23.1. The molecule has 12 atom stereocenters. The zero-order chi connectivity index (χ0) is 55.2. The van der Waals surface area contributed by atoms with Crippen LogP contribution >= 0.6 is 35.3 Å². The van der Waals surface area contributed by atoms with Gasteiger partial charge in [0.2, 0.25) is 35.4 Å². The molecule has 28 heteroatoms. The minimum absolute atomic E-state index is 0. The van der Waals surface area contributed by atoms with Crippen molar-refractivity contribution >= 4 is 88.6 Å². The molecule has 0 spiro atoms. The Balaban J connectivity index is 0.00000937. The minimum Gasteiger partial charge on any atom is -0.508 e. The summed E-state index contributed by atoms with van der Waals surface area (Å²) in [5, 5.41) is 76.0. The second-order valence-corrected chi connectivity index (χ2v) is 25.2. The third-order valence-electron chi connectivity index (χ3n) is 13.2. The van der Waals surface area contributed by atoms with E-state index in [4.69, 9.17) is 5.73 Å². The molecule has 4 fully saturated rings. The van der Waals surface area contributed by atoms with Crippen molar-refractivity contribution in [3.63, 3.8) is 0 Å². The van der Waals surface area contributed by atoms with Gasteiger partial charge in [-0.3, -0.25) is 49.0 Å². The number of carboxylic acids is 3. The van der Waals surface area contributed by atoms with Crippen LogP contribution in [0, 0.1) is 0 Å². The zero-order valence-corrected chi connectivity index (χ0v) is 46.4. The summed E-state index contributed by atoms with van der Waals surface area (Å²) in [6, 6.07) is 1.99. The van der Waals surface area contributed by atoms with Crippen LogP contribution in [-0.4, -0.2) is 156 Å². The Kier molecular flexibility index (Phi) is 18.0. The predicted molar refractivity (Wildman–Crippen MR) is 273 cm³/mol. The first kappa shape index (κ1) is 59.5. The van der Waals surface area contributed by atoms with Crippen molar-refractivity contribution in [3.05, 3.63) is 89.5 Å². The van der Waals surface area contributed by atoms with Gasteiger partial charge in [0.1, 0.15) is 77.0 Å². The molecule has 7 rings (SSSR count). The summed E-state index contributed by atoms with van der Waals surface area (Å²) >= 11 is 3.11. The van der Waals surface area contributed by atoms with Gasteiger partial charge in [0.25, 0.3) is 0 Å². The number of carbonyl (C=O) groups excluding carboxylic acids is 6. The molecule has 6 amide bonds. The Morgan fingerprint density at radius 2 is 0.921 bits per heavy atom. The van der Waals surface area contributed by atoms with Crippen LogP contribution in [0.1, 0.15) is 76.4 Å². The van der Waals surface area contributed by atoms with Crippen LogP contribution in [0.2, 0.25) is 0 Å². The zero-order valence-electron chi connectivity index (χ0n) is 42.0. The van der Waals surface area contributed by atoms with E-state index in [0.29, 0.717) is 0 Å². The van der Waals surface area contributed by atoms with Crippen molar-refractivity contribution < 1.29 is 103 Å². The summed E-state index contributed by atoms with van der Waals surface area (Å²) in [4.78, 5) is 125. The molecule has 0 bridgehead atoms. The molecule has 4 saturated heterocycles. The largest absolute Gasteiger partial charge is 1.00 e. The van der Waals surface area contributed by atoms with Gasteiger partial charge in [-0.1, -0.05) is 36.4 Å². The summed E-state index contributed by atoms with van der Waals surface area (Å²) in [5.41, 5.74) is 6.62. The summed E-state index contributed by atoms with van der Waals surface area (Å²) in [6.07, 6.45) is 0. The third-order valence-corrected chi connectivity index (χ3v) is 17.8. The standard InChI is InChI=1S/C48H57N9O15S3.Na/c1-46(2)31(43(67)68)55-39(73-46)28(52-34(61)25(49)19-7-13-22(58)14-8-19)37(64)50-26(20-9-15-23(59)16-10-20)35(62)53-29(40-56-32(44(69)70)47(3,4)74-40)38(65)51-27(21-11-17-24(60)18-12-21)36(63)54-30-41(66)57-33(45(71)72)48(5,6)75-42(30)57;/h7-18,25-33,39-40,42,55-56,58-60H,49H2,1-6H3,(H,50,64)(H,51,65)(H,52,61)(H,53,62)(H,54,63)(H,67,68)(H,69,70)(H,71,72);/q;+1/t25-,26-,27-,28-,29-,30-,31+,32+,33+,39-,40-,42-;/m1./s1. The molecule has 0 aromatic heterocycles. The van der Waals surface area contributed by atoms with Crippen LogP contribution in [0.15, 0.2) is 72.8 Å². The number of aliphatic carboxylic acids is 3. The molecule has 4 aliphatic rings. The number of hydrogen-bond donors (Lipinski definition) is 14. The van der Waals surface area contributed by atoms with E-state index in [-0.39, 0.29) is 63.5 Å². The van der Waals surface area contributed by atoms with Gasteiger partial charge in [0, 0.05) is 14.2 Å². The summed E-state index contributed by atoms with van der Waals surface area (Å²) < 4.78 is -3.16. The smallest absolute Gasteiger partial charge is 0.508 e. The van der Waals surface area contributed by atoms with Crippen LogP contribution in [0.4, 0.5) is 0 Å². The van der Waals surface area contributed by atoms with E-state index < -0.39 is 138 Å². The number of phenolic OH excluding ortho intramolecular Hbond substituents is 3. The Morgan fingerprint density at radius 3 is 1.30 bits per heavy atom. The first-order chi connectivity index (χ1) is 35.0. The third kappa shape index (κ3) is 12.5. The fraction of sp³-hybridized carbons (Fsp3) is 0.438. The van der Waals surface area contributed by atoms with Crippen molar-refractivity contribution in [2.24, 2.45) is 5.73 Å². The van der Waals surface area contributed by atoms with E-state index in [1.807, 2.05) is 0 Å². The number of carboxylic acid groups (broad SMARTS) is 3. The fourth-order valence-corrected chi connectivity index (χ4v) is 13.9. The maximum Gasteiger partial charge on any atom is 1.00 e. The number of benzene rings is 3. The molecule has 15 N–H and O–H groups in total. The van der Waals surface area contributed by atoms with Gasteiger partial charge in [-0.25, -0.2) is 4.79 Å². The average molecular weight is 1120 g/mol. The van der Waals surface area contributed by atoms with Crippen molar-refractivity contribution in [2.45, 2.75) is 126 Å². The molecular formula is C48H57N9NaO15S3+. The van der Waals surface area contributed by atoms with Gasteiger partial charge in [0.15, 0.2) is 0 Å². The van der Waals surface area contributed by atoms with E-state index in [1.165, 1.54) is 72.8 Å². The van der Waals surface area contributed by atoms with Gasteiger partial charge >= 0.3 is 47.5 Å². The van der Waals surface area contributed by atoms with E-state index in [0.717, 1.165) is 40.2 Å². The first-order valence-electron chi connectivity index (χ1n) is 23.2. The Labute approximate surface area is 469 Å². The molecule has 0 radical (unpaired) electrons. The van der Waals surface area contributed by atoms with E-state index >= 15 is 0 Å². The van der Waals surface area contributed by atoms with Crippen LogP contribution in [-0.2, 0) is 43.2 Å². The molecule has 3 aromatic carbocycles. The number of hydrogen-bond acceptors (Lipinski definition) is 18. The number of nitrogens with two attached hydrogens (primary N) is 1. The van der Waals surface area contributed by atoms with Crippen LogP contribution in [0.25, 0.3) is 0 Å². The molecule has 0 saturated carbocycles. The van der Waals surface area contributed by atoms with Gasteiger partial charge < -0.3 is 67.9 Å². The first-order valence-corrected chi connectivity index (χ1v) is 25.9. The SMILES string of the molecule is CC1(C)S[C@@H]2[C@H](NC(=O)[C@H](NC(=O)[C@@H](NC(=O)[C@H](NC(=O)[C@@H](NC(=O)[C@H](N)c3ccc(O)cc3)[C@@H]3N[C@@H](C(=O)O)C(C)(C)S3)c3ccc(O)cc3)[C@@H]3N[C@@H](C(=O)O)C(C)(C)S3)c3ccc(O)cc3)C(=O)N2[C@H]1C(=O)O.[Na+]. The summed E-state index contributed by atoms with van der Waals surface area (Å²) in [6.45, 7) is 9.66. The van der Waals surface area contributed by atoms with Crippen molar-refractivity contribution in [3.8, 4) is 17.2 Å². The van der Waals surface area contributed by atoms with Crippen molar-refractivity contribution in [1.82, 2.24) is 42.1 Å². The average Bonchev–Trinajstić information content (AvgIpc) is 3.94. The maximum absolute atomic E-state index is 15.0. The molecule has 3 aromatic rings. The number of phenols is 3. The topological polar surface area (TPSA) is 388 Å². The number of amides is 6. The predicted octanol–water partition coefficient (Wildman–Crippen LogP) is -3.09. The molecule has 76 heavy (non-hydrogen) atoms. The number of thioether (sulfide) groups is 3. The minimum atomic E-state index is -1.80. The fourth-order valence-electron chi connectivity index (χ4n) is 9.30. The number of fused-ring (bicyclic) bond motifs is 1. The molecule has 24 nitrogen and oxygen atoms in total. The van der Waals surface area contributed by atoms with Crippen molar-refractivity contribution in [1.29, 1.82) is 0 Å². The van der Waals surface area contributed by atoms with E-state index in [2.05, 4.69) is 37.2 Å². The normalized spacial score (nSPS) is 25.6. The number of carbonyl (C=O) groups is 9. The molecule has 4 heterocycles. The number of aromatic hydroxyl groups is 3. The van der Waals surface area contributed by atoms with Gasteiger partial charge in [-0.15, -0.1) is 35.3 Å². The monoisotopic (exact) mass is 1120 g/mol. The quantitative estimate of drug-likeness (QED) is 0.0443. The number of rotatable bonds is 18. The molecule has 0 aliphatic carbocycles. The van der Waals surface area contributed by atoms with Crippen LogP contribution in [0.3, 0.4) is 0 Å². The summed E-state index contributed by atoms with van der Waals surface area (Å²) in [7, 11) is 0. The Morgan fingerprint density at radius 1 is 0.539 bits per heavy atom. The Bertz CT molecular complexity index is 2780. The van der Waals surface area contributed by atoms with E-state index in [9.17, 15) is 73.8 Å². The molecule has 4 aliphatic heterocycles. The van der Waals surface area contributed by atoms with Crippen molar-refractivity contribution in [2.75, 3.05) is 0 Å². The van der Waals surface area contributed by atoms with E-state index in [1.54, 1.807) is 41.5 Å². The number of β-lactam (4-membered cyclic amide) rings is 1. The molecular weight excluding hydrogens is 1060 g/mol. The maximum atomic E-state index is 15.0. The Hall–Kier alpha value is -5.78. The van der Waals surface area contributed by atoms with Crippen LogP contribution < -0.4 is 72.5 Å². The van der Waals surface area contributed by atoms with Crippen LogP contribution in [0.5, 0.6) is 17.2 Å². The molecule has 402 valence electrons. The molecule has 0 unspecified atom stereocenters. The number of nitrogens with zero attached hydrogens (tertiary/aromatic N) is 1.